The predicted octanol–water partition coefficient (Wildman–Crippen LogP) is 2.37. The molecule has 0 aromatic heterocycles. The summed E-state index contributed by atoms with van der Waals surface area (Å²) in [6, 6.07) is 0. The molecule has 1 aliphatic heterocycles. The number of aliphatic hydroxyl groups excluding tert-OH is 1. The van der Waals surface area contributed by atoms with Gasteiger partial charge in [0.05, 0.1) is 6.10 Å². The summed E-state index contributed by atoms with van der Waals surface area (Å²) in [5, 5.41) is 10.1. The zero-order chi connectivity index (χ0) is 11.6. The number of likely N-dealkylation sites (tertiary alicyclic amines) is 1. The van der Waals surface area contributed by atoms with Gasteiger partial charge >= 0.3 is 0 Å². The van der Waals surface area contributed by atoms with Gasteiger partial charge in [0, 0.05) is 23.9 Å². The van der Waals surface area contributed by atoms with Crippen LogP contribution < -0.4 is 0 Å². The van der Waals surface area contributed by atoms with E-state index >= 15 is 0 Å². The molecule has 2 heteroatoms. The molecule has 0 saturated carbocycles. The van der Waals surface area contributed by atoms with Crippen molar-refractivity contribution in [3.8, 4) is 0 Å². The van der Waals surface area contributed by atoms with Crippen LogP contribution in [0.15, 0.2) is 0 Å². The Morgan fingerprint density at radius 3 is 1.57 bits per heavy atom. The Bertz CT molecular complexity index is 157. The van der Waals surface area contributed by atoms with E-state index in [-0.39, 0.29) is 16.9 Å². The molecule has 0 aromatic carbocycles. The highest BCUT2D eigenvalue weighted by Gasteiger charge is 2.44. The van der Waals surface area contributed by atoms with Crippen molar-refractivity contribution in [2.24, 2.45) is 10.8 Å². The molecule has 0 atom stereocenters. The van der Waals surface area contributed by atoms with Crippen LogP contribution in [0.2, 0.25) is 0 Å². The second kappa shape index (κ2) is 4.63. The topological polar surface area (TPSA) is 23.5 Å². The summed E-state index contributed by atoms with van der Waals surface area (Å²) in [5.41, 5.74) is 0.0486. The summed E-state index contributed by atoms with van der Waals surface area (Å²) < 4.78 is 0. The van der Waals surface area contributed by atoms with Gasteiger partial charge in [-0.05, 0) is 7.05 Å². The van der Waals surface area contributed by atoms with Crippen molar-refractivity contribution in [2.45, 2.75) is 47.6 Å². The third-order valence-electron chi connectivity index (χ3n) is 2.84. The fourth-order valence-corrected chi connectivity index (χ4v) is 2.68. The molecule has 0 spiro atoms. The molecule has 1 heterocycles. The van der Waals surface area contributed by atoms with Crippen LogP contribution in [-0.2, 0) is 0 Å². The van der Waals surface area contributed by atoms with Gasteiger partial charge in [-0.25, -0.2) is 0 Å². The number of aliphatic hydroxyl groups is 1. The lowest BCUT2D eigenvalue weighted by Crippen LogP contribution is -2.57. The second-order valence-corrected chi connectivity index (χ2v) is 5.55. The average Bonchev–Trinajstić information content (AvgIpc) is 2.02. The van der Waals surface area contributed by atoms with Crippen molar-refractivity contribution in [3.63, 3.8) is 0 Å². The SMILES string of the molecule is CC.CN1CC(C)(C)C(O)C(C)(C)C1. The average molecular weight is 201 g/mol. The first kappa shape index (κ1) is 13.9. The number of hydrogen-bond donors (Lipinski definition) is 1. The zero-order valence-electron chi connectivity index (χ0n) is 10.9. The van der Waals surface area contributed by atoms with E-state index in [1.807, 2.05) is 13.8 Å². The van der Waals surface area contributed by atoms with E-state index < -0.39 is 0 Å². The van der Waals surface area contributed by atoms with Gasteiger partial charge in [-0.1, -0.05) is 41.5 Å². The molecular formula is C12H27NO. The van der Waals surface area contributed by atoms with Crippen molar-refractivity contribution < 1.29 is 5.11 Å². The quantitative estimate of drug-likeness (QED) is 0.650. The second-order valence-electron chi connectivity index (χ2n) is 5.55. The Balaban J connectivity index is 0.000000791. The summed E-state index contributed by atoms with van der Waals surface area (Å²) in [6.07, 6.45) is -0.193. The molecule has 14 heavy (non-hydrogen) atoms. The molecule has 1 aliphatic rings. The molecule has 2 nitrogen and oxygen atoms in total. The predicted molar refractivity (Wildman–Crippen MR) is 62.4 cm³/mol. The number of hydrogen-bond acceptors (Lipinski definition) is 2. The highest BCUT2D eigenvalue weighted by Crippen LogP contribution is 2.39. The van der Waals surface area contributed by atoms with Crippen LogP contribution in [0.3, 0.4) is 0 Å². The molecule has 0 bridgehead atoms. The van der Waals surface area contributed by atoms with Crippen LogP contribution in [0.25, 0.3) is 0 Å². The molecule has 1 saturated heterocycles. The number of nitrogens with zero attached hydrogens (tertiary/aromatic N) is 1. The molecular weight excluding hydrogens is 174 g/mol. The van der Waals surface area contributed by atoms with Gasteiger partial charge < -0.3 is 10.0 Å². The minimum absolute atomic E-state index is 0.0243. The van der Waals surface area contributed by atoms with Gasteiger partial charge in [-0.15, -0.1) is 0 Å². The van der Waals surface area contributed by atoms with Crippen LogP contribution in [0.4, 0.5) is 0 Å². The van der Waals surface area contributed by atoms with E-state index in [4.69, 9.17) is 0 Å². The van der Waals surface area contributed by atoms with Crippen LogP contribution in [0.5, 0.6) is 0 Å². The van der Waals surface area contributed by atoms with Crippen LogP contribution in [-0.4, -0.2) is 36.2 Å². The van der Waals surface area contributed by atoms with Gasteiger partial charge in [0.15, 0.2) is 0 Å². The summed E-state index contributed by atoms with van der Waals surface area (Å²) >= 11 is 0. The van der Waals surface area contributed by atoms with E-state index in [2.05, 4.69) is 39.6 Å². The molecule has 1 rings (SSSR count). The lowest BCUT2D eigenvalue weighted by molar-refractivity contribution is -0.101. The number of piperidine rings is 1. The molecule has 0 radical (unpaired) electrons. The first-order valence-corrected chi connectivity index (χ1v) is 5.62. The van der Waals surface area contributed by atoms with Crippen LogP contribution >= 0.6 is 0 Å². The smallest absolute Gasteiger partial charge is 0.0666 e. The largest absolute Gasteiger partial charge is 0.392 e. The summed E-state index contributed by atoms with van der Waals surface area (Å²) in [5.74, 6) is 0. The monoisotopic (exact) mass is 201 g/mol. The maximum Gasteiger partial charge on any atom is 0.0666 e. The fourth-order valence-electron chi connectivity index (χ4n) is 2.68. The summed E-state index contributed by atoms with van der Waals surface area (Å²) in [4.78, 5) is 2.30. The third-order valence-corrected chi connectivity index (χ3v) is 2.84. The molecule has 0 amide bonds. The Hall–Kier alpha value is -0.0800. The van der Waals surface area contributed by atoms with Crippen molar-refractivity contribution in [2.75, 3.05) is 20.1 Å². The minimum Gasteiger partial charge on any atom is -0.392 e. The van der Waals surface area contributed by atoms with Crippen molar-refractivity contribution >= 4 is 0 Å². The summed E-state index contributed by atoms with van der Waals surface area (Å²) in [7, 11) is 2.12. The maximum atomic E-state index is 10.1. The van der Waals surface area contributed by atoms with E-state index in [9.17, 15) is 5.11 Å². The Kier molecular flexibility index (Phi) is 4.60. The van der Waals surface area contributed by atoms with Gasteiger partial charge in [0.2, 0.25) is 0 Å². The molecule has 86 valence electrons. The van der Waals surface area contributed by atoms with E-state index in [1.54, 1.807) is 0 Å². The van der Waals surface area contributed by atoms with Crippen LogP contribution in [0.1, 0.15) is 41.5 Å². The normalized spacial score (nSPS) is 26.6. The molecule has 1 fully saturated rings. The van der Waals surface area contributed by atoms with Crippen molar-refractivity contribution in [3.05, 3.63) is 0 Å². The first-order valence-electron chi connectivity index (χ1n) is 5.62. The van der Waals surface area contributed by atoms with Gasteiger partial charge in [-0.2, -0.15) is 0 Å². The lowest BCUT2D eigenvalue weighted by atomic mass is 9.68. The number of rotatable bonds is 0. The van der Waals surface area contributed by atoms with Gasteiger partial charge in [0.1, 0.15) is 0 Å². The van der Waals surface area contributed by atoms with E-state index in [1.165, 1.54) is 0 Å². The third kappa shape index (κ3) is 2.96. The molecule has 1 N–H and O–H groups in total. The fraction of sp³-hybridized carbons (Fsp3) is 1.00. The molecule has 0 aromatic rings. The molecule has 0 unspecified atom stereocenters. The van der Waals surface area contributed by atoms with Crippen molar-refractivity contribution in [1.82, 2.24) is 4.90 Å². The minimum atomic E-state index is -0.193. The van der Waals surface area contributed by atoms with Gasteiger partial charge in [-0.3, -0.25) is 0 Å². The molecule has 0 aliphatic carbocycles. The highest BCUT2D eigenvalue weighted by atomic mass is 16.3. The zero-order valence-corrected chi connectivity index (χ0v) is 10.9. The first-order chi connectivity index (χ1) is 6.26. The van der Waals surface area contributed by atoms with E-state index in [0.29, 0.717) is 0 Å². The Morgan fingerprint density at radius 2 is 1.29 bits per heavy atom. The lowest BCUT2D eigenvalue weighted by Gasteiger charge is -2.49. The maximum absolute atomic E-state index is 10.1. The highest BCUT2D eigenvalue weighted by molar-refractivity contribution is 4.96. The Morgan fingerprint density at radius 1 is 1.00 bits per heavy atom. The Labute approximate surface area is 89.3 Å². The van der Waals surface area contributed by atoms with Gasteiger partial charge in [0.25, 0.3) is 0 Å². The standard InChI is InChI=1S/C10H21NO.C2H6/c1-9(2)6-11(5)7-10(3,4)8(9)12;1-2/h8,12H,6-7H2,1-5H3;1-2H3. The van der Waals surface area contributed by atoms with E-state index in [0.717, 1.165) is 13.1 Å². The van der Waals surface area contributed by atoms with Crippen molar-refractivity contribution in [1.29, 1.82) is 0 Å². The summed E-state index contributed by atoms with van der Waals surface area (Å²) in [6.45, 7) is 14.5. The van der Waals surface area contributed by atoms with Crippen LogP contribution in [0, 0.1) is 10.8 Å².